The molecule has 2 aliphatic heterocycles. The summed E-state index contributed by atoms with van der Waals surface area (Å²) in [6, 6.07) is 0. The van der Waals surface area contributed by atoms with Crippen LogP contribution in [0.25, 0.3) is 0 Å². The molecular weight excluding hydrogens is 222 g/mol. The van der Waals surface area contributed by atoms with Gasteiger partial charge in [-0.15, -0.1) is 0 Å². The molecule has 0 bridgehead atoms. The van der Waals surface area contributed by atoms with E-state index in [1.807, 2.05) is 11.0 Å². The van der Waals surface area contributed by atoms with Crippen molar-refractivity contribution in [2.24, 2.45) is 5.10 Å². The van der Waals surface area contributed by atoms with Crippen molar-refractivity contribution >= 4 is 17.6 Å². The van der Waals surface area contributed by atoms with Gasteiger partial charge >= 0.3 is 5.97 Å². The molecule has 2 heterocycles. The molecule has 0 fully saturated rings. The summed E-state index contributed by atoms with van der Waals surface area (Å²) in [5, 5.41) is 12.7. The van der Waals surface area contributed by atoms with E-state index >= 15 is 0 Å². The lowest BCUT2D eigenvalue weighted by Gasteiger charge is -2.25. The molecule has 2 aliphatic rings. The second-order valence-corrected chi connectivity index (χ2v) is 4.20. The van der Waals surface area contributed by atoms with Crippen LogP contribution >= 0.6 is 0 Å². The quantitative estimate of drug-likeness (QED) is 0.722. The number of amides is 1. The summed E-state index contributed by atoms with van der Waals surface area (Å²) >= 11 is 0. The number of nitrogens with one attached hydrogen (secondary N) is 1. The Hall–Kier alpha value is -1.69. The van der Waals surface area contributed by atoms with Gasteiger partial charge in [-0.25, -0.2) is 5.43 Å². The zero-order valence-electron chi connectivity index (χ0n) is 9.48. The van der Waals surface area contributed by atoms with Gasteiger partial charge in [-0.1, -0.05) is 6.08 Å². The highest BCUT2D eigenvalue weighted by molar-refractivity contribution is 6.03. The Balaban J connectivity index is 1.94. The van der Waals surface area contributed by atoms with E-state index in [-0.39, 0.29) is 12.5 Å². The van der Waals surface area contributed by atoms with Gasteiger partial charge in [0, 0.05) is 25.9 Å². The van der Waals surface area contributed by atoms with E-state index in [2.05, 4.69) is 10.5 Å². The molecular formula is C11H15N3O3. The lowest BCUT2D eigenvalue weighted by atomic mass is 9.99. The number of hydrogen-bond donors (Lipinski definition) is 2. The maximum atomic E-state index is 11.0. The highest BCUT2D eigenvalue weighted by Gasteiger charge is 2.19. The lowest BCUT2D eigenvalue weighted by molar-refractivity contribution is -0.138. The first kappa shape index (κ1) is 11.8. The summed E-state index contributed by atoms with van der Waals surface area (Å²) in [7, 11) is 0. The number of carboxylic acids is 1. The molecule has 0 aromatic heterocycles. The maximum Gasteiger partial charge on any atom is 0.317 e. The number of rotatable bonds is 3. The van der Waals surface area contributed by atoms with Gasteiger partial charge in [-0.05, 0) is 12.0 Å². The molecule has 0 aromatic carbocycles. The van der Waals surface area contributed by atoms with Crippen LogP contribution < -0.4 is 5.43 Å². The molecule has 0 saturated heterocycles. The van der Waals surface area contributed by atoms with Gasteiger partial charge in [0.15, 0.2) is 0 Å². The lowest BCUT2D eigenvalue weighted by Crippen LogP contribution is -2.35. The zero-order chi connectivity index (χ0) is 12.3. The Morgan fingerprint density at radius 3 is 2.82 bits per heavy atom. The van der Waals surface area contributed by atoms with Crippen LogP contribution in [-0.2, 0) is 9.59 Å². The topological polar surface area (TPSA) is 82.0 Å². The van der Waals surface area contributed by atoms with Crippen LogP contribution in [0.2, 0.25) is 0 Å². The van der Waals surface area contributed by atoms with Crippen LogP contribution in [0.4, 0.5) is 0 Å². The number of carbonyl (C=O) groups is 2. The first-order valence-corrected chi connectivity index (χ1v) is 5.64. The van der Waals surface area contributed by atoms with Gasteiger partial charge in [0.1, 0.15) is 0 Å². The Morgan fingerprint density at radius 1 is 1.47 bits per heavy atom. The van der Waals surface area contributed by atoms with E-state index in [1.165, 1.54) is 0 Å². The molecule has 0 aromatic rings. The largest absolute Gasteiger partial charge is 0.480 e. The highest BCUT2D eigenvalue weighted by Crippen LogP contribution is 2.16. The number of carboxylic acid groups (broad SMARTS) is 1. The van der Waals surface area contributed by atoms with Crippen molar-refractivity contribution < 1.29 is 14.7 Å². The van der Waals surface area contributed by atoms with Crippen molar-refractivity contribution in [1.29, 1.82) is 0 Å². The predicted molar refractivity (Wildman–Crippen MR) is 61.6 cm³/mol. The van der Waals surface area contributed by atoms with Gasteiger partial charge < -0.3 is 5.11 Å². The fourth-order valence-corrected chi connectivity index (χ4v) is 2.01. The highest BCUT2D eigenvalue weighted by atomic mass is 16.4. The minimum absolute atomic E-state index is 0.0438. The molecule has 6 heteroatoms. The molecule has 6 nitrogen and oxygen atoms in total. The van der Waals surface area contributed by atoms with Crippen LogP contribution in [0.15, 0.2) is 16.8 Å². The van der Waals surface area contributed by atoms with Crippen molar-refractivity contribution in [3.05, 3.63) is 11.6 Å². The zero-order valence-corrected chi connectivity index (χ0v) is 9.48. The molecule has 2 N–H and O–H groups in total. The number of nitrogens with zero attached hydrogens (tertiary/aromatic N) is 2. The molecule has 2 rings (SSSR count). The average Bonchev–Trinajstić information content (AvgIpc) is 2.30. The van der Waals surface area contributed by atoms with E-state index in [0.717, 1.165) is 24.3 Å². The van der Waals surface area contributed by atoms with Crippen molar-refractivity contribution in [2.75, 3.05) is 19.6 Å². The fourth-order valence-electron chi connectivity index (χ4n) is 2.01. The second kappa shape index (κ2) is 5.09. The van der Waals surface area contributed by atoms with Gasteiger partial charge in [0.05, 0.1) is 12.3 Å². The van der Waals surface area contributed by atoms with E-state index in [1.54, 1.807) is 0 Å². The summed E-state index contributed by atoms with van der Waals surface area (Å²) in [5.74, 6) is -0.846. The summed E-state index contributed by atoms with van der Waals surface area (Å²) < 4.78 is 0. The van der Waals surface area contributed by atoms with Crippen LogP contribution in [0.3, 0.4) is 0 Å². The summed E-state index contributed by atoms with van der Waals surface area (Å²) in [6.07, 6.45) is 3.95. The van der Waals surface area contributed by atoms with E-state index in [9.17, 15) is 9.59 Å². The molecule has 17 heavy (non-hydrogen) atoms. The third-order valence-electron chi connectivity index (χ3n) is 2.93. The second-order valence-electron chi connectivity index (χ2n) is 4.20. The number of aliphatic carboxylic acids is 1. The van der Waals surface area contributed by atoms with Crippen LogP contribution in [0.1, 0.15) is 19.3 Å². The molecule has 0 radical (unpaired) electrons. The average molecular weight is 237 g/mol. The molecule has 0 saturated carbocycles. The van der Waals surface area contributed by atoms with E-state index in [0.29, 0.717) is 19.4 Å². The minimum Gasteiger partial charge on any atom is -0.480 e. The van der Waals surface area contributed by atoms with Crippen molar-refractivity contribution in [2.45, 2.75) is 19.3 Å². The third-order valence-corrected chi connectivity index (χ3v) is 2.93. The van der Waals surface area contributed by atoms with Crippen molar-refractivity contribution in [1.82, 2.24) is 10.3 Å². The smallest absolute Gasteiger partial charge is 0.317 e. The predicted octanol–water partition coefficient (Wildman–Crippen LogP) is -0.0309. The standard InChI is InChI=1S/C11H15N3O3/c15-10-2-1-9(12-13-10)8-3-5-14(6-4-8)7-11(16)17/h3H,1-2,4-7H2,(H,13,15)(H,16,17). The molecule has 0 unspecified atom stereocenters. The third kappa shape index (κ3) is 3.13. The molecule has 1 amide bonds. The van der Waals surface area contributed by atoms with Crippen molar-refractivity contribution in [3.63, 3.8) is 0 Å². The first-order chi connectivity index (χ1) is 8.15. The molecule has 0 spiro atoms. The minimum atomic E-state index is -0.802. The number of carbonyl (C=O) groups excluding carboxylic acids is 1. The first-order valence-electron chi connectivity index (χ1n) is 5.64. The normalized spacial score (nSPS) is 21.5. The number of hydrogen-bond acceptors (Lipinski definition) is 4. The van der Waals surface area contributed by atoms with Crippen LogP contribution in [-0.4, -0.2) is 47.2 Å². The fraction of sp³-hybridized carbons (Fsp3) is 0.545. The van der Waals surface area contributed by atoms with Gasteiger partial charge in [0.25, 0.3) is 0 Å². The van der Waals surface area contributed by atoms with Gasteiger partial charge in [-0.2, -0.15) is 5.10 Å². The Bertz CT molecular complexity index is 401. The van der Waals surface area contributed by atoms with Crippen molar-refractivity contribution in [3.8, 4) is 0 Å². The Labute approximate surface area is 99.0 Å². The molecule has 0 atom stereocenters. The van der Waals surface area contributed by atoms with E-state index in [4.69, 9.17) is 5.11 Å². The Morgan fingerprint density at radius 2 is 2.29 bits per heavy atom. The number of hydrazone groups is 1. The molecule has 0 aliphatic carbocycles. The summed E-state index contributed by atoms with van der Waals surface area (Å²) in [6.45, 7) is 1.44. The monoisotopic (exact) mass is 237 g/mol. The summed E-state index contributed by atoms with van der Waals surface area (Å²) in [5.41, 5.74) is 4.53. The van der Waals surface area contributed by atoms with Gasteiger partial charge in [0.2, 0.25) is 5.91 Å². The maximum absolute atomic E-state index is 11.0. The summed E-state index contributed by atoms with van der Waals surface area (Å²) in [4.78, 5) is 23.4. The van der Waals surface area contributed by atoms with Crippen LogP contribution in [0.5, 0.6) is 0 Å². The molecule has 92 valence electrons. The van der Waals surface area contributed by atoms with Crippen LogP contribution in [0, 0.1) is 0 Å². The van der Waals surface area contributed by atoms with E-state index < -0.39 is 5.97 Å². The SMILES string of the molecule is O=C(O)CN1CC=C(C2=NNC(=O)CC2)CC1. The Kier molecular flexibility index (Phi) is 3.53. The van der Waals surface area contributed by atoms with Gasteiger partial charge in [-0.3, -0.25) is 14.5 Å².